The molecule has 0 aliphatic carbocycles. The summed E-state index contributed by atoms with van der Waals surface area (Å²) in [5, 5.41) is 21.1. The number of nitriles is 2. The lowest BCUT2D eigenvalue weighted by atomic mass is 10.1. The average Bonchev–Trinajstić information content (AvgIpc) is 2.83. The number of rotatable bonds is 6. The molecule has 3 aromatic rings. The van der Waals surface area contributed by atoms with Gasteiger partial charge in [0.15, 0.2) is 0 Å². The highest BCUT2D eigenvalue weighted by Gasteiger charge is 2.16. The number of hydrogen-bond acceptors (Lipinski definition) is 5. The summed E-state index contributed by atoms with van der Waals surface area (Å²) in [5.74, 6) is -0.586. The van der Waals surface area contributed by atoms with E-state index in [9.17, 15) is 20.1 Å². The number of amides is 1. The Bertz CT molecular complexity index is 1170. The minimum atomic E-state index is -0.586. The van der Waals surface area contributed by atoms with Crippen molar-refractivity contribution in [3.8, 4) is 12.1 Å². The molecule has 3 rings (SSSR count). The third-order valence-corrected chi connectivity index (χ3v) is 5.25. The molecule has 1 N–H and O–H groups in total. The van der Waals surface area contributed by atoms with Crippen molar-refractivity contribution in [3.05, 3.63) is 107 Å². The van der Waals surface area contributed by atoms with E-state index in [0.717, 1.165) is 22.9 Å². The Morgan fingerprint density at radius 3 is 1.78 bits per heavy atom. The maximum atomic E-state index is 12.7. The van der Waals surface area contributed by atoms with Crippen LogP contribution < -0.4 is 5.32 Å². The fourth-order valence-corrected chi connectivity index (χ4v) is 3.51. The molecule has 0 aliphatic heterocycles. The molecule has 6 heteroatoms. The molecule has 3 aromatic carbocycles. The molecule has 0 radical (unpaired) electrons. The molecule has 154 valence electrons. The molecular weight excluding hydrogens is 418 g/mol. The van der Waals surface area contributed by atoms with E-state index in [1.165, 1.54) is 12.2 Å². The van der Waals surface area contributed by atoms with Gasteiger partial charge in [-0.15, -0.1) is 0 Å². The number of carbonyl (C=O) groups is 2. The van der Waals surface area contributed by atoms with Crippen molar-refractivity contribution in [2.24, 2.45) is 0 Å². The minimum Gasteiger partial charge on any atom is -0.320 e. The van der Waals surface area contributed by atoms with Crippen LogP contribution in [0.5, 0.6) is 0 Å². The number of anilines is 1. The minimum absolute atomic E-state index is 0.0102. The summed E-state index contributed by atoms with van der Waals surface area (Å²) in [6.45, 7) is 0. The third-order valence-electron chi connectivity index (χ3n) is 4.26. The molecule has 1 amide bonds. The lowest BCUT2D eigenvalue weighted by Crippen LogP contribution is -2.14. The zero-order valence-corrected chi connectivity index (χ0v) is 17.7. The van der Waals surface area contributed by atoms with E-state index in [1.54, 1.807) is 48.5 Å². The first-order valence-electron chi connectivity index (χ1n) is 9.57. The van der Waals surface area contributed by atoms with Crippen LogP contribution in [0.15, 0.2) is 101 Å². The largest absolute Gasteiger partial charge is 0.320 e. The van der Waals surface area contributed by atoms with E-state index in [-0.39, 0.29) is 11.1 Å². The van der Waals surface area contributed by atoms with E-state index in [1.807, 2.05) is 48.5 Å². The summed E-state index contributed by atoms with van der Waals surface area (Å²) in [6.07, 6.45) is 3.01. The van der Waals surface area contributed by atoms with Crippen LogP contribution in [-0.2, 0) is 9.59 Å². The number of para-hydroxylation sites is 1. The third kappa shape index (κ3) is 6.06. The Labute approximate surface area is 190 Å². The summed E-state index contributed by atoms with van der Waals surface area (Å²) in [7, 11) is 0. The molecule has 5 nitrogen and oxygen atoms in total. The molecule has 0 heterocycles. The van der Waals surface area contributed by atoms with Gasteiger partial charge >= 0.3 is 0 Å². The fourth-order valence-electron chi connectivity index (χ4n) is 2.72. The molecule has 0 saturated carbocycles. The molecule has 0 bridgehead atoms. The van der Waals surface area contributed by atoms with Gasteiger partial charge in [0.25, 0.3) is 5.91 Å². The van der Waals surface area contributed by atoms with Gasteiger partial charge in [0.05, 0.1) is 5.69 Å². The van der Waals surface area contributed by atoms with Crippen LogP contribution in [0, 0.1) is 22.7 Å². The normalized spacial score (nSPS) is 11.2. The van der Waals surface area contributed by atoms with E-state index in [0.29, 0.717) is 10.6 Å². The van der Waals surface area contributed by atoms with Crippen LogP contribution in [0.4, 0.5) is 5.69 Å². The quantitative estimate of drug-likeness (QED) is 0.315. The summed E-state index contributed by atoms with van der Waals surface area (Å²) in [5.41, 5.74) is 1.76. The van der Waals surface area contributed by atoms with Crippen molar-refractivity contribution in [1.29, 1.82) is 10.5 Å². The first-order valence-corrected chi connectivity index (χ1v) is 10.4. The van der Waals surface area contributed by atoms with Crippen LogP contribution in [-0.4, -0.2) is 11.0 Å². The van der Waals surface area contributed by atoms with Crippen LogP contribution in [0.3, 0.4) is 0 Å². The molecule has 0 aromatic heterocycles. The average molecular weight is 436 g/mol. The van der Waals surface area contributed by atoms with Crippen molar-refractivity contribution >= 4 is 40.6 Å². The standard InChI is InChI=1S/C26H17N3O2S/c27-17-21(15-19-9-3-1-4-10-19)25(30)29-23-13-7-8-14-24(23)32-26(31)22(18-28)16-20-11-5-2-6-12-20/h1-16H,(H,29,30)/b21-15-,22-16-. The van der Waals surface area contributed by atoms with Crippen LogP contribution in [0.2, 0.25) is 0 Å². The lowest BCUT2D eigenvalue weighted by Gasteiger charge is -2.09. The van der Waals surface area contributed by atoms with Crippen molar-refractivity contribution in [2.75, 3.05) is 5.32 Å². The van der Waals surface area contributed by atoms with Gasteiger partial charge in [-0.1, -0.05) is 72.8 Å². The second-order valence-corrected chi connectivity index (χ2v) is 7.52. The maximum Gasteiger partial charge on any atom is 0.266 e. The van der Waals surface area contributed by atoms with Gasteiger partial charge in [-0.05, 0) is 47.2 Å². The number of nitrogens with zero attached hydrogens (tertiary/aromatic N) is 2. The molecule has 0 atom stereocenters. The number of nitrogens with one attached hydrogen (secondary N) is 1. The smallest absolute Gasteiger partial charge is 0.266 e. The molecule has 0 saturated heterocycles. The van der Waals surface area contributed by atoms with Crippen molar-refractivity contribution in [1.82, 2.24) is 0 Å². The van der Waals surface area contributed by atoms with E-state index < -0.39 is 11.0 Å². The van der Waals surface area contributed by atoms with Gasteiger partial charge in [0, 0.05) is 4.90 Å². The van der Waals surface area contributed by atoms with Gasteiger partial charge in [-0.3, -0.25) is 9.59 Å². The highest BCUT2D eigenvalue weighted by Crippen LogP contribution is 2.30. The lowest BCUT2D eigenvalue weighted by molar-refractivity contribution is -0.112. The highest BCUT2D eigenvalue weighted by atomic mass is 32.2. The number of thioether (sulfide) groups is 1. The zero-order chi connectivity index (χ0) is 22.8. The first kappa shape index (κ1) is 22.3. The maximum absolute atomic E-state index is 12.7. The molecule has 0 unspecified atom stereocenters. The summed E-state index contributed by atoms with van der Waals surface area (Å²) >= 11 is 0.841. The van der Waals surface area contributed by atoms with Gasteiger partial charge < -0.3 is 5.32 Å². The van der Waals surface area contributed by atoms with E-state index >= 15 is 0 Å². The Morgan fingerprint density at radius 2 is 1.22 bits per heavy atom. The number of hydrogen-bond donors (Lipinski definition) is 1. The molecule has 0 spiro atoms. The van der Waals surface area contributed by atoms with Crippen molar-refractivity contribution in [2.45, 2.75) is 4.90 Å². The first-order chi connectivity index (χ1) is 15.6. The monoisotopic (exact) mass is 435 g/mol. The Kier molecular flexibility index (Phi) is 7.75. The van der Waals surface area contributed by atoms with Crippen LogP contribution in [0.25, 0.3) is 12.2 Å². The van der Waals surface area contributed by atoms with E-state index in [2.05, 4.69) is 5.32 Å². The number of carbonyl (C=O) groups excluding carboxylic acids is 2. The number of benzene rings is 3. The van der Waals surface area contributed by atoms with Crippen molar-refractivity contribution < 1.29 is 9.59 Å². The highest BCUT2D eigenvalue weighted by molar-refractivity contribution is 8.14. The van der Waals surface area contributed by atoms with Gasteiger partial charge in [0.2, 0.25) is 5.12 Å². The Hall–Kier alpha value is -4.39. The predicted octanol–water partition coefficient (Wildman–Crippen LogP) is 5.46. The van der Waals surface area contributed by atoms with Crippen molar-refractivity contribution in [3.63, 3.8) is 0 Å². The SMILES string of the molecule is N#C/C(=C/c1ccccc1)C(=O)Nc1ccccc1SC(=O)/C(C#N)=C\c1ccccc1. The van der Waals surface area contributed by atoms with Crippen LogP contribution >= 0.6 is 11.8 Å². The second-order valence-electron chi connectivity index (χ2n) is 6.50. The fraction of sp³-hybridized carbons (Fsp3) is 0. The van der Waals surface area contributed by atoms with Crippen LogP contribution in [0.1, 0.15) is 11.1 Å². The van der Waals surface area contributed by atoms with Gasteiger partial charge in [-0.25, -0.2) is 0 Å². The van der Waals surface area contributed by atoms with E-state index in [4.69, 9.17) is 0 Å². The Balaban J connectivity index is 1.80. The topological polar surface area (TPSA) is 93.8 Å². The molecule has 32 heavy (non-hydrogen) atoms. The molecule has 0 aliphatic rings. The van der Waals surface area contributed by atoms with Gasteiger partial charge in [-0.2, -0.15) is 10.5 Å². The summed E-state index contributed by atoms with van der Waals surface area (Å²) < 4.78 is 0. The molecular formula is C26H17N3O2S. The van der Waals surface area contributed by atoms with Gasteiger partial charge in [0.1, 0.15) is 23.3 Å². The summed E-state index contributed by atoms with van der Waals surface area (Å²) in [4.78, 5) is 25.8. The Morgan fingerprint density at radius 1 is 0.719 bits per heavy atom. The second kappa shape index (κ2) is 11.1. The summed E-state index contributed by atoms with van der Waals surface area (Å²) in [6, 6.07) is 28.7. The zero-order valence-electron chi connectivity index (χ0n) is 16.9. The predicted molar refractivity (Wildman–Crippen MR) is 126 cm³/mol. The molecule has 0 fully saturated rings.